The minimum atomic E-state index is -2.46. The van der Waals surface area contributed by atoms with E-state index in [1.165, 1.54) is 13.0 Å². The number of amides is 1. The molecule has 1 unspecified atom stereocenters. The summed E-state index contributed by atoms with van der Waals surface area (Å²) in [6.45, 7) is 4.11. The van der Waals surface area contributed by atoms with E-state index in [1.807, 2.05) is 0 Å². The van der Waals surface area contributed by atoms with E-state index in [0.717, 1.165) is 4.90 Å². The fourth-order valence-corrected chi connectivity index (χ4v) is 3.06. The van der Waals surface area contributed by atoms with E-state index in [2.05, 4.69) is 0 Å². The maximum Gasteiger partial charge on any atom is 0.343 e. The summed E-state index contributed by atoms with van der Waals surface area (Å²) in [5.41, 5.74) is -1.28. The molecule has 1 heterocycles. The monoisotopic (exact) mass is 324 g/mol. The van der Waals surface area contributed by atoms with Crippen LogP contribution in [0.25, 0.3) is 0 Å². The molecule has 2 rings (SSSR count). The number of hydrogen-bond donors (Lipinski definition) is 1. The number of halogens is 1. The zero-order valence-corrected chi connectivity index (χ0v) is 13.1. The first-order valence-corrected chi connectivity index (χ1v) is 7.05. The lowest BCUT2D eigenvalue weighted by Crippen LogP contribution is -2.39. The van der Waals surface area contributed by atoms with Crippen LogP contribution >= 0.6 is 0 Å². The van der Waals surface area contributed by atoms with E-state index in [9.17, 15) is 24.1 Å². The van der Waals surface area contributed by atoms with Crippen molar-refractivity contribution in [2.24, 2.45) is 0 Å². The second kappa shape index (κ2) is 5.60. The van der Waals surface area contributed by atoms with Crippen LogP contribution in [0.4, 0.5) is 10.1 Å². The van der Waals surface area contributed by atoms with E-state index >= 15 is 0 Å². The lowest BCUT2D eigenvalue weighted by atomic mass is 9.96. The van der Waals surface area contributed by atoms with Crippen LogP contribution in [0.5, 0.6) is 0 Å². The molecule has 1 aromatic rings. The topological polar surface area (TPSA) is 101 Å². The number of carbonyl (C=O) groups excluding carboxylic acids is 1. The van der Waals surface area contributed by atoms with Gasteiger partial charge in [0.05, 0.1) is 17.0 Å². The number of alkyl halides is 1. The summed E-state index contributed by atoms with van der Waals surface area (Å²) < 4.78 is 14.1. The van der Waals surface area contributed by atoms with E-state index in [0.29, 0.717) is 11.1 Å². The van der Waals surface area contributed by atoms with Gasteiger partial charge in [0, 0.05) is 24.1 Å². The molecule has 0 bridgehead atoms. The highest BCUT2D eigenvalue weighted by atomic mass is 19.1. The highest BCUT2D eigenvalue weighted by Crippen LogP contribution is 2.32. The van der Waals surface area contributed by atoms with Gasteiger partial charge in [0.25, 0.3) is 11.6 Å². The summed E-state index contributed by atoms with van der Waals surface area (Å²) in [5.74, 6) is -2.18. The quantitative estimate of drug-likeness (QED) is 0.678. The van der Waals surface area contributed by atoms with E-state index in [4.69, 9.17) is 5.11 Å². The van der Waals surface area contributed by atoms with Crippen molar-refractivity contribution >= 4 is 17.6 Å². The molecule has 1 saturated heterocycles. The van der Waals surface area contributed by atoms with Gasteiger partial charge in [0.15, 0.2) is 0 Å². The third-order valence-corrected chi connectivity index (χ3v) is 4.22. The molecule has 1 aromatic carbocycles. The van der Waals surface area contributed by atoms with Crippen molar-refractivity contribution in [3.05, 3.63) is 38.4 Å². The third-order valence-electron chi connectivity index (χ3n) is 4.22. The Kier molecular flexibility index (Phi) is 4.10. The SMILES string of the molecule is Cc1cc(C)c([N+](=O)[O-])c(C)c1C(=O)N1CCC(F)(C(=O)O)C1. The number of rotatable bonds is 3. The molecule has 7 nitrogen and oxygen atoms in total. The van der Waals surface area contributed by atoms with Gasteiger partial charge < -0.3 is 10.0 Å². The van der Waals surface area contributed by atoms with Crippen LogP contribution in [0, 0.1) is 30.9 Å². The van der Waals surface area contributed by atoms with Gasteiger partial charge >= 0.3 is 5.97 Å². The number of carboxylic acids is 1. The number of likely N-dealkylation sites (tertiary alicyclic amines) is 1. The number of aryl methyl sites for hydroxylation is 2. The van der Waals surface area contributed by atoms with Crippen LogP contribution in [0.15, 0.2) is 6.07 Å². The molecule has 8 heteroatoms. The number of benzene rings is 1. The van der Waals surface area contributed by atoms with E-state index in [1.54, 1.807) is 13.8 Å². The second-order valence-electron chi connectivity index (χ2n) is 5.86. The zero-order chi connectivity index (χ0) is 17.5. The minimum Gasteiger partial charge on any atom is -0.479 e. The van der Waals surface area contributed by atoms with Gasteiger partial charge in [0.1, 0.15) is 0 Å². The number of nitro groups is 1. The summed E-state index contributed by atoms with van der Waals surface area (Å²) in [6.07, 6.45) is -0.292. The minimum absolute atomic E-state index is 0.0395. The van der Waals surface area contributed by atoms with Crippen molar-refractivity contribution in [3.8, 4) is 0 Å². The first kappa shape index (κ1) is 16.9. The fourth-order valence-electron chi connectivity index (χ4n) is 3.06. The van der Waals surface area contributed by atoms with Crippen LogP contribution in [-0.2, 0) is 4.79 Å². The Morgan fingerprint density at radius 1 is 1.35 bits per heavy atom. The van der Waals surface area contributed by atoms with Gasteiger partial charge in [-0.3, -0.25) is 14.9 Å². The molecule has 1 N–H and O–H groups in total. The van der Waals surface area contributed by atoms with Crippen LogP contribution in [0.3, 0.4) is 0 Å². The van der Waals surface area contributed by atoms with Crippen LogP contribution in [0.2, 0.25) is 0 Å². The molecule has 124 valence electrons. The van der Waals surface area contributed by atoms with Crippen molar-refractivity contribution in [2.45, 2.75) is 32.9 Å². The molecular weight excluding hydrogens is 307 g/mol. The summed E-state index contributed by atoms with van der Waals surface area (Å²) in [6, 6.07) is 1.54. The number of carboxylic acid groups (broad SMARTS) is 1. The molecule has 0 aromatic heterocycles. The maximum atomic E-state index is 14.1. The standard InChI is InChI=1S/C15H17FN2O5/c1-8-6-9(2)12(18(22)23)10(3)11(8)13(19)17-5-4-15(16,7-17)14(20)21/h6H,4-5,7H2,1-3H3,(H,20,21). The summed E-state index contributed by atoms with van der Waals surface area (Å²) in [5, 5.41) is 20.1. The number of nitrogens with zero attached hydrogens (tertiary/aromatic N) is 2. The first-order chi connectivity index (χ1) is 10.6. The van der Waals surface area contributed by atoms with Crippen LogP contribution in [0.1, 0.15) is 33.5 Å². The average molecular weight is 324 g/mol. The highest BCUT2D eigenvalue weighted by molar-refractivity contribution is 5.99. The van der Waals surface area contributed by atoms with Crippen molar-refractivity contribution in [1.82, 2.24) is 4.90 Å². The molecule has 23 heavy (non-hydrogen) atoms. The Labute approximate surface area is 131 Å². The average Bonchev–Trinajstić information content (AvgIpc) is 2.81. The van der Waals surface area contributed by atoms with Gasteiger partial charge in [-0.05, 0) is 32.4 Å². The third kappa shape index (κ3) is 2.76. The zero-order valence-electron chi connectivity index (χ0n) is 13.1. The van der Waals surface area contributed by atoms with Crippen molar-refractivity contribution in [1.29, 1.82) is 0 Å². The molecule has 1 aliphatic heterocycles. The molecule has 1 fully saturated rings. The Hall–Kier alpha value is -2.51. The van der Waals surface area contributed by atoms with Gasteiger partial charge in [-0.2, -0.15) is 0 Å². The predicted molar refractivity (Wildman–Crippen MR) is 79.3 cm³/mol. The normalized spacial score (nSPS) is 20.6. The highest BCUT2D eigenvalue weighted by Gasteiger charge is 2.47. The van der Waals surface area contributed by atoms with Crippen molar-refractivity contribution in [3.63, 3.8) is 0 Å². The van der Waals surface area contributed by atoms with Crippen LogP contribution < -0.4 is 0 Å². The van der Waals surface area contributed by atoms with Crippen LogP contribution in [-0.4, -0.2) is 45.6 Å². The van der Waals surface area contributed by atoms with Crippen molar-refractivity contribution in [2.75, 3.05) is 13.1 Å². The largest absolute Gasteiger partial charge is 0.479 e. The Morgan fingerprint density at radius 2 is 1.96 bits per heavy atom. The van der Waals surface area contributed by atoms with E-state index in [-0.39, 0.29) is 29.8 Å². The van der Waals surface area contributed by atoms with Gasteiger partial charge in [-0.15, -0.1) is 0 Å². The maximum absolute atomic E-state index is 14.1. The molecule has 1 amide bonds. The molecule has 0 spiro atoms. The molecule has 1 aliphatic rings. The van der Waals surface area contributed by atoms with E-state index < -0.39 is 29.0 Å². The smallest absolute Gasteiger partial charge is 0.343 e. The molecule has 0 radical (unpaired) electrons. The first-order valence-electron chi connectivity index (χ1n) is 7.05. The molecule has 1 atom stereocenters. The summed E-state index contributed by atoms with van der Waals surface area (Å²) >= 11 is 0. The fraction of sp³-hybridized carbons (Fsp3) is 0.467. The second-order valence-corrected chi connectivity index (χ2v) is 5.86. The molecular formula is C15H17FN2O5. The molecule has 0 saturated carbocycles. The predicted octanol–water partition coefficient (Wildman–Crippen LogP) is 2.16. The van der Waals surface area contributed by atoms with Gasteiger partial charge in [-0.1, -0.05) is 0 Å². The summed E-state index contributed by atoms with van der Waals surface area (Å²) in [7, 11) is 0. The Bertz CT molecular complexity index is 718. The van der Waals surface area contributed by atoms with Gasteiger partial charge in [-0.25, -0.2) is 9.18 Å². The Morgan fingerprint density at radius 3 is 2.43 bits per heavy atom. The number of carbonyl (C=O) groups is 2. The number of hydrogen-bond acceptors (Lipinski definition) is 4. The lowest BCUT2D eigenvalue weighted by molar-refractivity contribution is -0.386. The number of aliphatic carboxylic acids is 1. The van der Waals surface area contributed by atoms with Gasteiger partial charge in [0.2, 0.25) is 5.67 Å². The number of nitro benzene ring substituents is 1. The lowest BCUT2D eigenvalue weighted by Gasteiger charge is -2.20. The Balaban J connectivity index is 2.44. The summed E-state index contributed by atoms with van der Waals surface area (Å²) in [4.78, 5) is 35.3. The molecule has 0 aliphatic carbocycles. The van der Waals surface area contributed by atoms with Crippen molar-refractivity contribution < 1.29 is 24.0 Å².